The molecule has 0 atom stereocenters. The number of pyridine rings is 1. The first-order valence-electron chi connectivity index (χ1n) is 9.73. The van der Waals surface area contributed by atoms with E-state index < -0.39 is 17.7 Å². The Morgan fingerprint density at radius 1 is 1.26 bits per heavy atom. The lowest BCUT2D eigenvalue weighted by Gasteiger charge is -2.48. The van der Waals surface area contributed by atoms with Gasteiger partial charge in [0.15, 0.2) is 11.6 Å². The van der Waals surface area contributed by atoms with Crippen molar-refractivity contribution in [1.29, 1.82) is 5.26 Å². The molecule has 10 heteroatoms. The maximum Gasteiger partial charge on any atom is 0.323 e. The van der Waals surface area contributed by atoms with E-state index >= 15 is 0 Å². The highest BCUT2D eigenvalue weighted by Gasteiger charge is 2.46. The largest absolute Gasteiger partial charge is 0.381 e. The topological polar surface area (TPSA) is 106 Å². The molecule has 0 saturated carbocycles. The van der Waals surface area contributed by atoms with Crippen molar-refractivity contribution in [2.75, 3.05) is 41.8 Å². The lowest BCUT2D eigenvalue weighted by atomic mass is 9.79. The number of fused-ring (bicyclic) bond motifs is 1. The van der Waals surface area contributed by atoms with Gasteiger partial charge in [-0.15, -0.1) is 0 Å². The highest BCUT2D eigenvalue weighted by molar-refractivity contribution is 6.06. The number of H-pyrrole nitrogens is 1. The smallest absolute Gasteiger partial charge is 0.323 e. The monoisotopic (exact) mass is 424 g/mol. The van der Waals surface area contributed by atoms with Gasteiger partial charge >= 0.3 is 6.03 Å². The highest BCUT2D eigenvalue weighted by atomic mass is 19.2. The minimum absolute atomic E-state index is 0.160. The maximum absolute atomic E-state index is 13.5. The molecule has 2 fully saturated rings. The van der Waals surface area contributed by atoms with Crippen LogP contribution in [-0.2, 0) is 4.74 Å². The van der Waals surface area contributed by atoms with E-state index in [1.54, 1.807) is 6.07 Å². The number of benzene rings is 1. The average molecular weight is 424 g/mol. The van der Waals surface area contributed by atoms with E-state index in [1.165, 1.54) is 12.4 Å². The summed E-state index contributed by atoms with van der Waals surface area (Å²) >= 11 is 0. The van der Waals surface area contributed by atoms with Crippen LogP contribution in [0.25, 0.3) is 10.9 Å². The molecule has 4 heterocycles. The summed E-state index contributed by atoms with van der Waals surface area (Å²) in [4.78, 5) is 21.6. The molecule has 3 aromatic rings. The fraction of sp³-hybridized carbons (Fsp3) is 0.286. The number of nitrogens with zero attached hydrogens (tertiary/aromatic N) is 3. The Kier molecular flexibility index (Phi) is 4.48. The third kappa shape index (κ3) is 3.43. The van der Waals surface area contributed by atoms with Crippen molar-refractivity contribution in [1.82, 2.24) is 9.97 Å². The van der Waals surface area contributed by atoms with Crippen LogP contribution in [0.3, 0.4) is 0 Å². The molecule has 31 heavy (non-hydrogen) atoms. The number of amides is 2. The first-order chi connectivity index (χ1) is 15.0. The number of carbonyl (C=O) groups excluding carboxylic acids is 1. The Bertz CT molecular complexity index is 1220. The van der Waals surface area contributed by atoms with Crippen LogP contribution >= 0.6 is 0 Å². The van der Waals surface area contributed by atoms with Crippen LogP contribution in [0.5, 0.6) is 0 Å². The van der Waals surface area contributed by atoms with Gasteiger partial charge in [-0.1, -0.05) is 0 Å². The molecule has 0 bridgehead atoms. The molecule has 2 aliphatic rings. The summed E-state index contributed by atoms with van der Waals surface area (Å²) < 4.78 is 32.4. The molecule has 0 unspecified atom stereocenters. The summed E-state index contributed by atoms with van der Waals surface area (Å²) in [6.07, 6.45) is 3.93. The molecule has 2 aromatic heterocycles. The Morgan fingerprint density at radius 2 is 2.06 bits per heavy atom. The molecule has 1 aromatic carbocycles. The van der Waals surface area contributed by atoms with Crippen LogP contribution in [-0.4, -0.2) is 42.3 Å². The van der Waals surface area contributed by atoms with Crippen LogP contribution in [0, 0.1) is 28.4 Å². The Labute approximate surface area is 175 Å². The van der Waals surface area contributed by atoms with Gasteiger partial charge in [0.25, 0.3) is 0 Å². The number of nitrogens with one attached hydrogen (secondary N) is 3. The number of hydrogen-bond donors (Lipinski definition) is 3. The Hall–Kier alpha value is -3.71. The normalized spacial score (nSPS) is 16.9. The van der Waals surface area contributed by atoms with Gasteiger partial charge in [0, 0.05) is 42.8 Å². The number of aromatic amines is 1. The standard InChI is InChI=1S/C21H18F2N6O2/c22-15-4-14-17(5-16(15)23)25-8-18(14)28-20(30)27-13-3-12(6-24)19(26-7-13)29-9-21(10-29)1-2-31-11-21/h3-5,7-8,25H,1-2,9-11H2,(H2,27,28,30). The van der Waals surface area contributed by atoms with E-state index in [2.05, 4.69) is 26.7 Å². The van der Waals surface area contributed by atoms with Crippen molar-refractivity contribution < 1.29 is 18.3 Å². The van der Waals surface area contributed by atoms with E-state index in [1.807, 2.05) is 4.90 Å². The van der Waals surface area contributed by atoms with Gasteiger partial charge in [0.2, 0.25) is 0 Å². The van der Waals surface area contributed by atoms with Crippen LogP contribution in [0.1, 0.15) is 12.0 Å². The molecule has 5 rings (SSSR count). The van der Waals surface area contributed by atoms with Crippen molar-refractivity contribution in [2.45, 2.75) is 6.42 Å². The number of hydrogen-bond acceptors (Lipinski definition) is 5. The molecule has 2 saturated heterocycles. The van der Waals surface area contributed by atoms with Crippen LogP contribution in [0.15, 0.2) is 30.6 Å². The van der Waals surface area contributed by atoms with Gasteiger partial charge in [-0.05, 0) is 18.6 Å². The minimum atomic E-state index is -1.01. The van der Waals surface area contributed by atoms with Gasteiger partial charge in [0.05, 0.1) is 35.3 Å². The molecule has 3 N–H and O–H groups in total. The molecule has 158 valence electrons. The van der Waals surface area contributed by atoms with Gasteiger partial charge in [0.1, 0.15) is 11.9 Å². The van der Waals surface area contributed by atoms with Crippen molar-refractivity contribution in [3.05, 3.63) is 47.8 Å². The van der Waals surface area contributed by atoms with Crippen molar-refractivity contribution >= 4 is 34.1 Å². The minimum Gasteiger partial charge on any atom is -0.381 e. The predicted octanol–water partition coefficient (Wildman–Crippen LogP) is 3.58. The summed E-state index contributed by atoms with van der Waals surface area (Å²) in [6, 6.07) is 5.12. The summed E-state index contributed by atoms with van der Waals surface area (Å²) in [5.74, 6) is -1.40. The lowest BCUT2D eigenvalue weighted by molar-refractivity contribution is 0.131. The number of carbonyl (C=O) groups is 1. The third-order valence-corrected chi connectivity index (χ3v) is 5.75. The molecule has 1 spiro atoms. The first kappa shape index (κ1) is 19.3. The Morgan fingerprint density at radius 3 is 2.81 bits per heavy atom. The van der Waals surface area contributed by atoms with Gasteiger partial charge in [-0.25, -0.2) is 18.6 Å². The number of anilines is 3. The quantitative estimate of drug-likeness (QED) is 0.596. The fourth-order valence-electron chi connectivity index (χ4n) is 4.18. The second-order valence-electron chi connectivity index (χ2n) is 7.96. The summed E-state index contributed by atoms with van der Waals surface area (Å²) in [5.41, 5.74) is 1.51. The predicted molar refractivity (Wildman–Crippen MR) is 110 cm³/mol. The van der Waals surface area contributed by atoms with Crippen molar-refractivity contribution in [2.24, 2.45) is 5.41 Å². The zero-order valence-electron chi connectivity index (χ0n) is 16.3. The van der Waals surface area contributed by atoms with E-state index in [4.69, 9.17) is 4.74 Å². The molecule has 2 aliphatic heterocycles. The zero-order valence-corrected chi connectivity index (χ0v) is 16.3. The van der Waals surface area contributed by atoms with E-state index in [9.17, 15) is 18.8 Å². The summed E-state index contributed by atoms with van der Waals surface area (Å²) in [5, 5.41) is 15.1. The SMILES string of the molecule is N#Cc1cc(NC(=O)Nc2c[nH]c3cc(F)c(F)cc23)cnc1N1CC2(CCOC2)C1. The van der Waals surface area contributed by atoms with Crippen molar-refractivity contribution in [3.8, 4) is 6.07 Å². The van der Waals surface area contributed by atoms with E-state index in [-0.39, 0.29) is 5.41 Å². The molecule has 2 amide bonds. The molecule has 8 nitrogen and oxygen atoms in total. The first-order valence-corrected chi connectivity index (χ1v) is 9.73. The van der Waals surface area contributed by atoms with E-state index in [0.29, 0.717) is 33.7 Å². The van der Waals surface area contributed by atoms with Crippen LogP contribution < -0.4 is 15.5 Å². The van der Waals surface area contributed by atoms with Crippen molar-refractivity contribution in [3.63, 3.8) is 0 Å². The zero-order chi connectivity index (χ0) is 21.6. The van der Waals surface area contributed by atoms with Crippen LogP contribution in [0.4, 0.5) is 30.8 Å². The van der Waals surface area contributed by atoms with E-state index in [0.717, 1.165) is 44.9 Å². The Balaban J connectivity index is 1.28. The van der Waals surface area contributed by atoms with Gasteiger partial charge < -0.3 is 25.3 Å². The maximum atomic E-state index is 13.5. The van der Waals surface area contributed by atoms with Gasteiger partial charge in [-0.3, -0.25) is 0 Å². The number of aromatic nitrogens is 2. The fourth-order valence-corrected chi connectivity index (χ4v) is 4.18. The second kappa shape index (κ2) is 7.21. The second-order valence-corrected chi connectivity index (χ2v) is 7.96. The summed E-state index contributed by atoms with van der Waals surface area (Å²) in [7, 11) is 0. The van der Waals surface area contributed by atoms with Gasteiger partial charge in [-0.2, -0.15) is 5.26 Å². The average Bonchev–Trinajstić information content (AvgIpc) is 3.35. The number of urea groups is 1. The highest BCUT2D eigenvalue weighted by Crippen LogP contribution is 2.41. The molecule has 0 aliphatic carbocycles. The number of halogens is 2. The molecular weight excluding hydrogens is 406 g/mol. The number of ether oxygens (including phenoxy) is 1. The molecule has 0 radical (unpaired) electrons. The summed E-state index contributed by atoms with van der Waals surface area (Å²) in [6.45, 7) is 3.08. The number of nitriles is 1. The molecular formula is C21H18F2N6O2. The van der Waals surface area contributed by atoms with Crippen LogP contribution in [0.2, 0.25) is 0 Å². The number of rotatable bonds is 3. The third-order valence-electron chi connectivity index (χ3n) is 5.75. The lowest BCUT2D eigenvalue weighted by Crippen LogP contribution is -2.57.